The molecule has 2 aromatic rings. The van der Waals surface area contributed by atoms with Crippen LogP contribution in [0.3, 0.4) is 0 Å². The summed E-state index contributed by atoms with van der Waals surface area (Å²) in [7, 11) is 3.57. The van der Waals surface area contributed by atoms with Crippen LogP contribution in [-0.2, 0) is 31.3 Å². The van der Waals surface area contributed by atoms with Gasteiger partial charge in [0.2, 0.25) is 0 Å². The summed E-state index contributed by atoms with van der Waals surface area (Å²) in [6.45, 7) is 3.18. The van der Waals surface area contributed by atoms with Crippen molar-refractivity contribution >= 4 is 0 Å². The molecule has 19 heavy (non-hydrogen) atoms. The van der Waals surface area contributed by atoms with Gasteiger partial charge in [-0.3, -0.25) is 4.68 Å². The zero-order chi connectivity index (χ0) is 13.5. The Morgan fingerprint density at radius 3 is 3.00 bits per heavy atom. The maximum atomic E-state index is 5.00. The third kappa shape index (κ3) is 4.15. The fourth-order valence-electron chi connectivity index (χ4n) is 1.81. The van der Waals surface area contributed by atoms with Gasteiger partial charge in [-0.25, -0.2) is 9.97 Å². The summed E-state index contributed by atoms with van der Waals surface area (Å²) in [4.78, 5) is 8.40. The van der Waals surface area contributed by atoms with Crippen molar-refractivity contribution in [3.8, 4) is 0 Å². The molecule has 0 bridgehead atoms. The van der Waals surface area contributed by atoms with E-state index in [0.29, 0.717) is 6.61 Å². The SMILES string of the molecule is COCCNCc1cncn1CCc1ncn(C)n1. The number of nitrogens with one attached hydrogen (secondary N) is 1. The number of imidazole rings is 1. The molecule has 2 rings (SSSR count). The van der Waals surface area contributed by atoms with Crippen molar-refractivity contribution < 1.29 is 4.74 Å². The second kappa shape index (κ2) is 7.01. The van der Waals surface area contributed by atoms with Crippen molar-refractivity contribution in [1.29, 1.82) is 0 Å². The lowest BCUT2D eigenvalue weighted by molar-refractivity contribution is 0.199. The average molecular weight is 264 g/mol. The molecule has 0 saturated carbocycles. The van der Waals surface area contributed by atoms with Gasteiger partial charge in [-0.05, 0) is 0 Å². The number of nitrogens with zero attached hydrogens (tertiary/aromatic N) is 5. The molecule has 104 valence electrons. The molecule has 7 heteroatoms. The first-order chi connectivity index (χ1) is 9.29. The van der Waals surface area contributed by atoms with Gasteiger partial charge in [-0.15, -0.1) is 0 Å². The lowest BCUT2D eigenvalue weighted by Gasteiger charge is -2.08. The van der Waals surface area contributed by atoms with Gasteiger partial charge in [-0.1, -0.05) is 0 Å². The second-order valence-corrected chi connectivity index (χ2v) is 4.33. The average Bonchev–Trinajstić information content (AvgIpc) is 3.01. The molecule has 0 aliphatic rings. The first-order valence-electron chi connectivity index (χ1n) is 6.33. The van der Waals surface area contributed by atoms with Crippen LogP contribution in [0, 0.1) is 0 Å². The van der Waals surface area contributed by atoms with Crippen LogP contribution >= 0.6 is 0 Å². The molecule has 0 unspecified atom stereocenters. The van der Waals surface area contributed by atoms with Crippen LogP contribution in [0.2, 0.25) is 0 Å². The van der Waals surface area contributed by atoms with E-state index < -0.39 is 0 Å². The van der Waals surface area contributed by atoms with Crippen LogP contribution in [-0.4, -0.2) is 44.6 Å². The molecule has 0 aromatic carbocycles. The lowest BCUT2D eigenvalue weighted by atomic mass is 10.3. The number of aromatic nitrogens is 5. The summed E-state index contributed by atoms with van der Waals surface area (Å²) in [6.07, 6.45) is 6.25. The van der Waals surface area contributed by atoms with E-state index in [-0.39, 0.29) is 0 Å². The Balaban J connectivity index is 1.81. The van der Waals surface area contributed by atoms with Gasteiger partial charge in [0.1, 0.15) is 6.33 Å². The molecule has 7 nitrogen and oxygen atoms in total. The van der Waals surface area contributed by atoms with E-state index in [0.717, 1.165) is 37.6 Å². The highest BCUT2D eigenvalue weighted by molar-refractivity contribution is 4.98. The zero-order valence-corrected chi connectivity index (χ0v) is 11.4. The second-order valence-electron chi connectivity index (χ2n) is 4.33. The molecule has 0 saturated heterocycles. The van der Waals surface area contributed by atoms with Crippen molar-refractivity contribution in [3.63, 3.8) is 0 Å². The Bertz CT molecular complexity index is 492. The highest BCUT2D eigenvalue weighted by atomic mass is 16.5. The van der Waals surface area contributed by atoms with Crippen molar-refractivity contribution in [2.45, 2.75) is 19.5 Å². The Morgan fingerprint density at radius 1 is 1.37 bits per heavy atom. The first-order valence-corrected chi connectivity index (χ1v) is 6.33. The van der Waals surface area contributed by atoms with Crippen LogP contribution in [0.15, 0.2) is 18.9 Å². The summed E-state index contributed by atoms with van der Waals surface area (Å²) in [5, 5.41) is 7.58. The molecule has 2 aromatic heterocycles. The molecule has 0 radical (unpaired) electrons. The van der Waals surface area contributed by atoms with E-state index in [1.807, 2.05) is 19.6 Å². The minimum absolute atomic E-state index is 0.714. The molecule has 0 fully saturated rings. The molecule has 0 spiro atoms. The van der Waals surface area contributed by atoms with Crippen LogP contribution in [0.1, 0.15) is 11.5 Å². The summed E-state index contributed by atoms with van der Waals surface area (Å²) in [5.41, 5.74) is 1.16. The van der Waals surface area contributed by atoms with Gasteiger partial charge in [0.25, 0.3) is 0 Å². The maximum absolute atomic E-state index is 5.00. The monoisotopic (exact) mass is 264 g/mol. The number of methoxy groups -OCH3 is 1. The number of hydrogen-bond donors (Lipinski definition) is 1. The minimum atomic E-state index is 0.714. The van der Waals surface area contributed by atoms with Crippen molar-refractivity contribution in [2.24, 2.45) is 7.05 Å². The number of ether oxygens (including phenoxy) is 1. The molecular formula is C12H20N6O. The minimum Gasteiger partial charge on any atom is -0.383 e. The molecule has 0 aliphatic carbocycles. The summed E-state index contributed by atoms with van der Waals surface area (Å²) >= 11 is 0. The van der Waals surface area contributed by atoms with E-state index in [4.69, 9.17) is 4.74 Å². The van der Waals surface area contributed by atoms with Crippen LogP contribution < -0.4 is 5.32 Å². The fraction of sp³-hybridized carbons (Fsp3) is 0.583. The van der Waals surface area contributed by atoms with Crippen LogP contribution in [0.25, 0.3) is 0 Å². The topological polar surface area (TPSA) is 69.8 Å². The Morgan fingerprint density at radius 2 is 2.26 bits per heavy atom. The molecule has 2 heterocycles. The van der Waals surface area contributed by atoms with Gasteiger partial charge in [0.05, 0.1) is 18.6 Å². The Hall–Kier alpha value is -1.73. The summed E-state index contributed by atoms with van der Waals surface area (Å²) < 4.78 is 8.84. The zero-order valence-electron chi connectivity index (χ0n) is 11.4. The largest absolute Gasteiger partial charge is 0.383 e. The predicted octanol–water partition coefficient (Wildman–Crippen LogP) is -0.00970. The Labute approximate surface area is 112 Å². The van der Waals surface area contributed by atoms with E-state index in [1.54, 1.807) is 18.1 Å². The molecule has 0 amide bonds. The third-order valence-corrected chi connectivity index (χ3v) is 2.81. The van der Waals surface area contributed by atoms with E-state index in [9.17, 15) is 0 Å². The number of aryl methyl sites for hydroxylation is 3. The maximum Gasteiger partial charge on any atom is 0.152 e. The standard InChI is InChI=1S/C12H20N6O/c1-17-10-15-12(16-17)3-5-18-9-14-8-11(18)7-13-4-6-19-2/h8-10,13H,3-7H2,1-2H3. The smallest absolute Gasteiger partial charge is 0.152 e. The Kier molecular flexibility index (Phi) is 5.05. The van der Waals surface area contributed by atoms with Gasteiger partial charge in [-0.2, -0.15) is 5.10 Å². The lowest BCUT2D eigenvalue weighted by Crippen LogP contribution is -2.20. The third-order valence-electron chi connectivity index (χ3n) is 2.81. The van der Waals surface area contributed by atoms with Gasteiger partial charge in [0.15, 0.2) is 5.82 Å². The van der Waals surface area contributed by atoms with Crippen LogP contribution in [0.5, 0.6) is 0 Å². The molecule has 1 N–H and O–H groups in total. The first kappa shape index (κ1) is 13.7. The predicted molar refractivity (Wildman–Crippen MR) is 70.5 cm³/mol. The normalized spacial score (nSPS) is 11.1. The molecule has 0 atom stereocenters. The molecular weight excluding hydrogens is 244 g/mol. The van der Waals surface area contributed by atoms with E-state index in [1.165, 1.54) is 0 Å². The van der Waals surface area contributed by atoms with Crippen molar-refractivity contribution in [2.75, 3.05) is 20.3 Å². The fourth-order valence-corrected chi connectivity index (χ4v) is 1.81. The highest BCUT2D eigenvalue weighted by Gasteiger charge is 2.04. The summed E-state index contributed by atoms with van der Waals surface area (Å²) in [6, 6.07) is 0. The van der Waals surface area contributed by atoms with E-state index in [2.05, 4.69) is 25.0 Å². The summed E-state index contributed by atoms with van der Waals surface area (Å²) in [5.74, 6) is 0.856. The molecule has 0 aliphatic heterocycles. The van der Waals surface area contributed by atoms with Crippen molar-refractivity contribution in [3.05, 3.63) is 30.4 Å². The van der Waals surface area contributed by atoms with E-state index >= 15 is 0 Å². The highest BCUT2D eigenvalue weighted by Crippen LogP contribution is 2.01. The quantitative estimate of drug-likeness (QED) is 0.679. The van der Waals surface area contributed by atoms with Gasteiger partial charge in [0, 0.05) is 46.4 Å². The van der Waals surface area contributed by atoms with Crippen molar-refractivity contribution in [1.82, 2.24) is 29.6 Å². The van der Waals surface area contributed by atoms with Gasteiger partial charge >= 0.3 is 0 Å². The number of rotatable bonds is 8. The van der Waals surface area contributed by atoms with Gasteiger partial charge < -0.3 is 14.6 Å². The number of hydrogen-bond acceptors (Lipinski definition) is 5. The van der Waals surface area contributed by atoms with Crippen LogP contribution in [0.4, 0.5) is 0 Å².